The van der Waals surface area contributed by atoms with Crippen LogP contribution in [0.3, 0.4) is 0 Å². The van der Waals surface area contributed by atoms with Crippen molar-refractivity contribution in [1.82, 2.24) is 5.32 Å². The Kier molecular flexibility index (Phi) is 24.3. The van der Waals surface area contributed by atoms with Crippen LogP contribution in [0.5, 0.6) is 0 Å². The summed E-state index contributed by atoms with van der Waals surface area (Å²) >= 11 is 0. The normalized spacial score (nSPS) is 11.9. The zero-order chi connectivity index (χ0) is 22.8. The number of unbranched alkanes of at least 4 members (excludes halogenated alkanes) is 14. The molecule has 1 atom stereocenters. The molecule has 4 nitrogen and oxygen atoms in total. The van der Waals surface area contributed by atoms with Crippen molar-refractivity contribution in [2.24, 2.45) is 5.92 Å². The summed E-state index contributed by atoms with van der Waals surface area (Å²) in [5.74, 6) is 0.473. The summed E-state index contributed by atoms with van der Waals surface area (Å²) in [5, 5.41) is 2.53. The van der Waals surface area contributed by atoms with Gasteiger partial charge in [-0.2, -0.15) is 0 Å². The van der Waals surface area contributed by atoms with Gasteiger partial charge in [0.15, 0.2) is 0 Å². The third kappa shape index (κ3) is 23.4. The lowest BCUT2D eigenvalue weighted by molar-refractivity contribution is -0.145. The van der Waals surface area contributed by atoms with Crippen LogP contribution >= 0.6 is 0 Å². The number of amides is 1. The van der Waals surface area contributed by atoms with E-state index in [-0.39, 0.29) is 5.97 Å². The van der Waals surface area contributed by atoms with Crippen LogP contribution in [0.1, 0.15) is 142 Å². The summed E-state index contributed by atoms with van der Waals surface area (Å²) in [7, 11) is 0. The second-order valence-electron chi connectivity index (χ2n) is 9.21. The highest BCUT2D eigenvalue weighted by Gasteiger charge is 2.12. The first-order valence-electron chi connectivity index (χ1n) is 13.5. The zero-order valence-corrected chi connectivity index (χ0v) is 20.9. The van der Waals surface area contributed by atoms with E-state index in [1.807, 2.05) is 0 Å². The standard InChI is InChI=1S/C27H52NO3/c1-3-5-7-9-11-12-14-17-21-26(20-16-13-10-8-6-4-2)24-31-27(30)22-18-15-19-23-28-25-29/h26H,3-24H2,1-2H3,(H,28,29). The summed E-state index contributed by atoms with van der Waals surface area (Å²) in [4.78, 5) is 22.2. The molecule has 0 aliphatic rings. The maximum absolute atomic E-state index is 12.1. The third-order valence-electron chi connectivity index (χ3n) is 6.17. The summed E-state index contributed by atoms with van der Waals surface area (Å²) in [6.07, 6.45) is 25.9. The molecule has 0 aromatic carbocycles. The van der Waals surface area contributed by atoms with Gasteiger partial charge in [-0.3, -0.25) is 9.59 Å². The van der Waals surface area contributed by atoms with Crippen molar-refractivity contribution in [2.45, 2.75) is 142 Å². The predicted molar refractivity (Wildman–Crippen MR) is 132 cm³/mol. The van der Waals surface area contributed by atoms with Gasteiger partial charge in [0.05, 0.1) is 6.61 Å². The molecule has 4 heteroatoms. The lowest BCUT2D eigenvalue weighted by Gasteiger charge is -2.17. The number of esters is 1. The van der Waals surface area contributed by atoms with Crippen molar-refractivity contribution >= 4 is 12.4 Å². The molecule has 0 saturated carbocycles. The molecule has 0 spiro atoms. The van der Waals surface area contributed by atoms with Crippen LogP contribution in [-0.2, 0) is 14.3 Å². The van der Waals surface area contributed by atoms with Crippen LogP contribution in [0.2, 0.25) is 0 Å². The molecule has 0 fully saturated rings. The Hall–Kier alpha value is -1.06. The van der Waals surface area contributed by atoms with Crippen LogP contribution < -0.4 is 5.32 Å². The number of carbonyl (C=O) groups is 1. The van der Waals surface area contributed by atoms with Gasteiger partial charge in [0.25, 0.3) is 0 Å². The molecule has 31 heavy (non-hydrogen) atoms. The minimum atomic E-state index is -0.0567. The number of carbonyl (C=O) groups excluding carboxylic acids is 2. The van der Waals surface area contributed by atoms with Crippen molar-refractivity contribution in [2.75, 3.05) is 13.2 Å². The van der Waals surface area contributed by atoms with Gasteiger partial charge in [0, 0.05) is 13.0 Å². The molecule has 0 aliphatic heterocycles. The predicted octanol–water partition coefficient (Wildman–Crippen LogP) is 7.64. The van der Waals surface area contributed by atoms with E-state index in [1.54, 1.807) is 6.41 Å². The Morgan fingerprint density at radius 1 is 0.710 bits per heavy atom. The van der Waals surface area contributed by atoms with Gasteiger partial charge in [-0.25, -0.2) is 0 Å². The van der Waals surface area contributed by atoms with Crippen molar-refractivity contribution in [3.05, 3.63) is 0 Å². The summed E-state index contributed by atoms with van der Waals surface area (Å²) in [6, 6.07) is 0. The van der Waals surface area contributed by atoms with Gasteiger partial charge in [0.2, 0.25) is 0 Å². The van der Waals surface area contributed by atoms with E-state index in [1.165, 1.54) is 103 Å². The second kappa shape index (κ2) is 25.2. The van der Waals surface area contributed by atoms with E-state index in [9.17, 15) is 9.59 Å². The largest absolute Gasteiger partial charge is 0.465 e. The molecule has 0 saturated heterocycles. The van der Waals surface area contributed by atoms with Crippen LogP contribution in [0.25, 0.3) is 0 Å². The minimum Gasteiger partial charge on any atom is -0.465 e. The van der Waals surface area contributed by atoms with Gasteiger partial charge in [-0.15, -0.1) is 0 Å². The fourth-order valence-corrected chi connectivity index (χ4v) is 4.08. The first-order valence-corrected chi connectivity index (χ1v) is 13.5. The maximum Gasteiger partial charge on any atom is 0.309 e. The van der Waals surface area contributed by atoms with E-state index >= 15 is 0 Å². The lowest BCUT2D eigenvalue weighted by Crippen LogP contribution is -2.15. The number of hydrogen-bond donors (Lipinski definition) is 1. The monoisotopic (exact) mass is 438 g/mol. The Bertz CT molecular complexity index is 387. The smallest absolute Gasteiger partial charge is 0.309 e. The topological polar surface area (TPSA) is 55.4 Å². The minimum absolute atomic E-state index is 0.0567. The summed E-state index contributed by atoms with van der Waals surface area (Å²) in [5.41, 5.74) is 0. The van der Waals surface area contributed by atoms with Gasteiger partial charge in [-0.1, -0.05) is 110 Å². The summed E-state index contributed by atoms with van der Waals surface area (Å²) in [6.45, 7) is 5.77. The first kappa shape index (κ1) is 29.9. The van der Waals surface area contributed by atoms with Crippen molar-refractivity contribution in [3.63, 3.8) is 0 Å². The number of nitrogens with one attached hydrogen (secondary N) is 1. The molecular weight excluding hydrogens is 386 g/mol. The van der Waals surface area contributed by atoms with E-state index in [0.29, 0.717) is 25.5 Å². The van der Waals surface area contributed by atoms with E-state index in [0.717, 1.165) is 19.3 Å². The SMILES string of the molecule is CCCCCCCCCCC(CCCCCCCC)COC(=O)CCCCCN[C]=O. The fourth-order valence-electron chi connectivity index (χ4n) is 4.08. The van der Waals surface area contributed by atoms with Crippen LogP contribution in [0, 0.1) is 5.92 Å². The van der Waals surface area contributed by atoms with E-state index in [4.69, 9.17) is 4.74 Å². The van der Waals surface area contributed by atoms with Crippen LogP contribution in [-0.4, -0.2) is 25.5 Å². The molecule has 0 rings (SSSR count). The van der Waals surface area contributed by atoms with Gasteiger partial charge < -0.3 is 10.1 Å². The third-order valence-corrected chi connectivity index (χ3v) is 6.17. The molecule has 183 valence electrons. The summed E-state index contributed by atoms with van der Waals surface area (Å²) < 4.78 is 5.63. The molecule has 0 heterocycles. The second-order valence-corrected chi connectivity index (χ2v) is 9.21. The highest BCUT2D eigenvalue weighted by molar-refractivity contribution is 5.69. The Morgan fingerprint density at radius 2 is 1.19 bits per heavy atom. The van der Waals surface area contributed by atoms with Crippen LogP contribution in [0.15, 0.2) is 0 Å². The van der Waals surface area contributed by atoms with E-state index < -0.39 is 0 Å². The molecule has 0 bridgehead atoms. The molecule has 1 N–H and O–H groups in total. The fraction of sp³-hybridized carbons (Fsp3) is 0.926. The average molecular weight is 439 g/mol. The number of rotatable bonds is 25. The van der Waals surface area contributed by atoms with Gasteiger partial charge in [0.1, 0.15) is 0 Å². The van der Waals surface area contributed by atoms with Crippen LogP contribution in [0.4, 0.5) is 0 Å². The quantitative estimate of drug-likeness (QED) is 0.0904. The zero-order valence-electron chi connectivity index (χ0n) is 20.9. The molecule has 0 aromatic heterocycles. The van der Waals surface area contributed by atoms with Gasteiger partial charge in [-0.05, 0) is 31.6 Å². The first-order chi connectivity index (χ1) is 15.2. The number of ether oxygens (including phenoxy) is 1. The highest BCUT2D eigenvalue weighted by Crippen LogP contribution is 2.20. The van der Waals surface area contributed by atoms with E-state index in [2.05, 4.69) is 19.2 Å². The number of hydrogen-bond acceptors (Lipinski definition) is 3. The molecule has 1 radical (unpaired) electrons. The Morgan fingerprint density at radius 3 is 1.71 bits per heavy atom. The Labute approximate surface area is 193 Å². The molecule has 1 amide bonds. The lowest BCUT2D eigenvalue weighted by atomic mass is 9.94. The molecule has 0 aliphatic carbocycles. The molecular formula is C27H52NO3. The van der Waals surface area contributed by atoms with Crippen molar-refractivity contribution in [3.8, 4) is 0 Å². The van der Waals surface area contributed by atoms with Crippen molar-refractivity contribution in [1.29, 1.82) is 0 Å². The maximum atomic E-state index is 12.1. The van der Waals surface area contributed by atoms with Crippen molar-refractivity contribution < 1.29 is 14.3 Å². The molecule has 0 aromatic rings. The highest BCUT2D eigenvalue weighted by atomic mass is 16.5. The molecule has 1 unspecified atom stereocenters. The Balaban J connectivity index is 3.99. The average Bonchev–Trinajstić information content (AvgIpc) is 2.77. The van der Waals surface area contributed by atoms with Gasteiger partial charge >= 0.3 is 12.4 Å².